The van der Waals surface area contributed by atoms with Crippen LogP contribution in [0.25, 0.3) is 0 Å². The zero-order valence-electron chi connectivity index (χ0n) is 9.50. The molecule has 1 aliphatic rings. The van der Waals surface area contributed by atoms with Crippen molar-refractivity contribution in [2.75, 3.05) is 5.01 Å². The molecule has 0 radical (unpaired) electrons. The van der Waals surface area contributed by atoms with Gasteiger partial charge in [-0.3, -0.25) is 0 Å². The van der Waals surface area contributed by atoms with Crippen LogP contribution in [0.5, 0.6) is 0 Å². The minimum Gasteiger partial charge on any atom is -0.241 e. The van der Waals surface area contributed by atoms with E-state index in [1.165, 1.54) is 11.3 Å². The molecule has 0 fully saturated rings. The maximum Gasteiger partial charge on any atom is 0.0677 e. The molecule has 0 atom stereocenters. The molecule has 0 unspecified atom stereocenters. The van der Waals surface area contributed by atoms with E-state index in [1.54, 1.807) is 0 Å². The maximum absolute atomic E-state index is 4.37. The molecule has 0 saturated carbocycles. The highest BCUT2D eigenvalue weighted by atomic mass is 15.4. The number of aryl methyl sites for hydroxylation is 1. The minimum absolute atomic E-state index is 1.09. The average molecular weight is 212 g/mol. The van der Waals surface area contributed by atoms with Crippen molar-refractivity contribution in [1.82, 2.24) is 0 Å². The molecule has 1 aliphatic heterocycles. The Morgan fingerprint density at radius 2 is 2.00 bits per heavy atom. The fraction of sp³-hybridized carbons (Fsp3) is 0.214. The van der Waals surface area contributed by atoms with Gasteiger partial charge in [0.05, 0.1) is 5.69 Å². The number of hydrogen-bond acceptors (Lipinski definition) is 2. The highest BCUT2D eigenvalue weighted by Gasteiger charge is 2.06. The molecule has 0 saturated heterocycles. The van der Waals surface area contributed by atoms with Gasteiger partial charge < -0.3 is 0 Å². The monoisotopic (exact) mass is 212 g/mol. The van der Waals surface area contributed by atoms with Crippen LogP contribution < -0.4 is 5.01 Å². The summed E-state index contributed by atoms with van der Waals surface area (Å²) in [5, 5.41) is 6.29. The number of allylic oxidation sites excluding steroid dienone is 3. The van der Waals surface area contributed by atoms with Crippen LogP contribution in [0.3, 0.4) is 0 Å². The Kier molecular flexibility index (Phi) is 3.54. The third kappa shape index (κ3) is 2.40. The van der Waals surface area contributed by atoms with E-state index < -0.39 is 0 Å². The first kappa shape index (κ1) is 10.7. The Hall–Kier alpha value is -1.83. The summed E-state index contributed by atoms with van der Waals surface area (Å²) in [6.45, 7) is 2.19. The fourth-order valence-corrected chi connectivity index (χ4v) is 1.75. The number of hydrogen-bond donors (Lipinski definition) is 0. The van der Waals surface area contributed by atoms with E-state index in [1.807, 2.05) is 35.7 Å². The largest absolute Gasteiger partial charge is 0.241 e. The van der Waals surface area contributed by atoms with E-state index in [2.05, 4.69) is 36.3 Å². The Balaban J connectivity index is 2.31. The summed E-state index contributed by atoms with van der Waals surface area (Å²) in [4.78, 5) is 0. The Labute approximate surface area is 96.6 Å². The van der Waals surface area contributed by atoms with Crippen LogP contribution in [0.15, 0.2) is 53.8 Å². The molecule has 0 aliphatic carbocycles. The predicted octanol–water partition coefficient (Wildman–Crippen LogP) is 3.51. The smallest absolute Gasteiger partial charge is 0.0677 e. The second kappa shape index (κ2) is 5.31. The summed E-state index contributed by atoms with van der Waals surface area (Å²) in [5.41, 5.74) is 2.51. The van der Waals surface area contributed by atoms with E-state index in [-0.39, 0.29) is 0 Å². The first-order valence-electron chi connectivity index (χ1n) is 5.66. The van der Waals surface area contributed by atoms with E-state index in [4.69, 9.17) is 0 Å². The number of hydrazone groups is 1. The second-order valence-corrected chi connectivity index (χ2v) is 3.71. The highest BCUT2D eigenvalue weighted by molar-refractivity contribution is 5.74. The first-order chi connectivity index (χ1) is 7.92. The number of rotatable bonds is 3. The van der Waals surface area contributed by atoms with Crippen molar-refractivity contribution in [3.8, 4) is 0 Å². The maximum atomic E-state index is 4.37. The topological polar surface area (TPSA) is 15.6 Å². The highest BCUT2D eigenvalue weighted by Crippen LogP contribution is 2.22. The lowest BCUT2D eigenvalue weighted by Gasteiger charge is -2.17. The van der Waals surface area contributed by atoms with E-state index in [0.29, 0.717) is 0 Å². The summed E-state index contributed by atoms with van der Waals surface area (Å²) in [6.07, 6.45) is 11.9. The lowest BCUT2D eigenvalue weighted by Crippen LogP contribution is -2.09. The van der Waals surface area contributed by atoms with Gasteiger partial charge in [0.25, 0.3) is 0 Å². The van der Waals surface area contributed by atoms with Crippen LogP contribution in [-0.2, 0) is 6.42 Å². The molecule has 1 heterocycles. The Morgan fingerprint density at radius 3 is 2.88 bits per heavy atom. The zero-order chi connectivity index (χ0) is 11.2. The van der Waals surface area contributed by atoms with Crippen LogP contribution in [0.1, 0.15) is 18.9 Å². The number of benzene rings is 1. The molecule has 2 rings (SSSR count). The minimum atomic E-state index is 1.09. The molecule has 0 N–H and O–H groups in total. The van der Waals surface area contributed by atoms with E-state index >= 15 is 0 Å². The van der Waals surface area contributed by atoms with Crippen LogP contribution >= 0.6 is 0 Å². The lowest BCUT2D eigenvalue weighted by molar-refractivity contribution is 0.910. The van der Waals surface area contributed by atoms with Crippen LogP contribution in [0.2, 0.25) is 0 Å². The van der Waals surface area contributed by atoms with Crippen LogP contribution in [-0.4, -0.2) is 6.21 Å². The number of para-hydroxylation sites is 1. The van der Waals surface area contributed by atoms with Gasteiger partial charge in [0.1, 0.15) is 0 Å². The molecule has 1 aromatic rings. The molecule has 2 heteroatoms. The molecule has 2 nitrogen and oxygen atoms in total. The van der Waals surface area contributed by atoms with Gasteiger partial charge in [-0.05, 0) is 30.2 Å². The van der Waals surface area contributed by atoms with Gasteiger partial charge in [-0.2, -0.15) is 5.10 Å². The Morgan fingerprint density at radius 1 is 1.12 bits per heavy atom. The quantitative estimate of drug-likeness (QED) is 0.748. The van der Waals surface area contributed by atoms with Gasteiger partial charge in [-0.1, -0.05) is 37.6 Å². The van der Waals surface area contributed by atoms with Gasteiger partial charge in [0, 0.05) is 12.4 Å². The summed E-state index contributed by atoms with van der Waals surface area (Å²) in [7, 11) is 0. The first-order valence-corrected chi connectivity index (χ1v) is 5.66. The van der Waals surface area contributed by atoms with Crippen molar-refractivity contribution in [3.05, 3.63) is 54.3 Å². The molecule has 0 bridgehead atoms. The molecule has 1 aromatic carbocycles. The lowest BCUT2D eigenvalue weighted by atomic mass is 10.1. The molecule has 16 heavy (non-hydrogen) atoms. The molecule has 0 aromatic heterocycles. The molecule has 82 valence electrons. The van der Waals surface area contributed by atoms with Crippen molar-refractivity contribution >= 4 is 11.9 Å². The SMILES string of the molecule is CCCc1ccccc1N1C=CC=CC=N1. The van der Waals surface area contributed by atoms with Crippen molar-refractivity contribution in [2.24, 2.45) is 5.10 Å². The average Bonchev–Trinajstić information content (AvgIpc) is 2.59. The fourth-order valence-electron chi connectivity index (χ4n) is 1.75. The number of nitrogens with zero attached hydrogens (tertiary/aromatic N) is 2. The molecule has 0 spiro atoms. The molecule has 0 amide bonds. The van der Waals surface area contributed by atoms with Gasteiger partial charge in [0.15, 0.2) is 0 Å². The normalized spacial score (nSPS) is 14.2. The second-order valence-electron chi connectivity index (χ2n) is 3.71. The summed E-state index contributed by atoms with van der Waals surface area (Å²) >= 11 is 0. The standard InChI is InChI=1S/C14H16N2/c1-2-8-13-9-4-5-10-14(13)16-12-7-3-6-11-15-16/h3-7,9-12H,2,8H2,1H3. The predicted molar refractivity (Wildman–Crippen MR) is 69.7 cm³/mol. The van der Waals surface area contributed by atoms with Gasteiger partial charge in [-0.25, -0.2) is 5.01 Å². The third-order valence-electron chi connectivity index (χ3n) is 2.48. The van der Waals surface area contributed by atoms with Gasteiger partial charge in [0.2, 0.25) is 0 Å². The van der Waals surface area contributed by atoms with E-state index in [0.717, 1.165) is 12.8 Å². The van der Waals surface area contributed by atoms with Crippen molar-refractivity contribution < 1.29 is 0 Å². The van der Waals surface area contributed by atoms with Crippen molar-refractivity contribution in [3.63, 3.8) is 0 Å². The van der Waals surface area contributed by atoms with Gasteiger partial charge >= 0.3 is 0 Å². The van der Waals surface area contributed by atoms with Gasteiger partial charge in [-0.15, -0.1) is 0 Å². The third-order valence-corrected chi connectivity index (χ3v) is 2.48. The molecular weight excluding hydrogens is 196 g/mol. The van der Waals surface area contributed by atoms with E-state index in [9.17, 15) is 0 Å². The zero-order valence-corrected chi connectivity index (χ0v) is 9.50. The summed E-state index contributed by atoms with van der Waals surface area (Å²) in [6, 6.07) is 8.41. The van der Waals surface area contributed by atoms with Crippen LogP contribution in [0, 0.1) is 0 Å². The van der Waals surface area contributed by atoms with Crippen molar-refractivity contribution in [2.45, 2.75) is 19.8 Å². The van der Waals surface area contributed by atoms with Crippen LogP contribution in [0.4, 0.5) is 5.69 Å². The molecular formula is C14H16N2. The number of anilines is 1. The summed E-state index contributed by atoms with van der Waals surface area (Å²) in [5.74, 6) is 0. The Bertz CT molecular complexity index is 414. The summed E-state index contributed by atoms with van der Waals surface area (Å²) < 4.78 is 0. The van der Waals surface area contributed by atoms with Crippen molar-refractivity contribution in [1.29, 1.82) is 0 Å².